The number of hydrogen-bond donors (Lipinski definition) is 2. The number of aliphatic carboxylic acids is 1. The molecule has 1 saturated carbocycles. The van der Waals surface area contributed by atoms with Gasteiger partial charge in [0, 0.05) is 18.4 Å². The van der Waals surface area contributed by atoms with E-state index in [-0.39, 0.29) is 17.9 Å². The molecule has 2 heterocycles. The van der Waals surface area contributed by atoms with E-state index in [0.717, 1.165) is 12.1 Å². The summed E-state index contributed by atoms with van der Waals surface area (Å²) in [4.78, 5) is 24.0. The Balaban J connectivity index is 1.70. The summed E-state index contributed by atoms with van der Waals surface area (Å²) < 4.78 is 1.90. The zero-order chi connectivity index (χ0) is 14.8. The molecule has 1 amide bonds. The van der Waals surface area contributed by atoms with Crippen molar-refractivity contribution < 1.29 is 14.7 Å². The van der Waals surface area contributed by atoms with Crippen molar-refractivity contribution in [3.8, 4) is 5.69 Å². The molecular weight excluding hydrogens is 288 g/mol. The van der Waals surface area contributed by atoms with Gasteiger partial charge >= 0.3 is 5.97 Å². The smallest absolute Gasteiger partial charge is 0.306 e. The standard InChI is InChI=1S/C15H16N2O3S/c18-14(16-11-4-3-10(9-11)15(19)20)13-12(5-8-21-13)17-6-1-2-7-17/h1-2,5-8,10-11H,3-4,9H2,(H,16,18)(H,19,20). The molecule has 0 radical (unpaired) electrons. The number of carboxylic acids is 1. The first kappa shape index (κ1) is 13.9. The van der Waals surface area contributed by atoms with Crippen LogP contribution in [0.25, 0.3) is 5.69 Å². The van der Waals surface area contributed by atoms with Crippen LogP contribution in [0.1, 0.15) is 28.9 Å². The van der Waals surface area contributed by atoms with Gasteiger partial charge in [-0.15, -0.1) is 11.3 Å². The summed E-state index contributed by atoms with van der Waals surface area (Å²) in [7, 11) is 0. The first-order valence-electron chi connectivity index (χ1n) is 6.89. The fraction of sp³-hybridized carbons (Fsp3) is 0.333. The second-order valence-corrected chi connectivity index (χ2v) is 6.16. The predicted molar refractivity (Wildman–Crippen MR) is 79.9 cm³/mol. The van der Waals surface area contributed by atoms with Gasteiger partial charge in [-0.25, -0.2) is 0 Å². The second-order valence-electron chi connectivity index (χ2n) is 5.24. The Labute approximate surface area is 126 Å². The van der Waals surface area contributed by atoms with Gasteiger partial charge in [-0.2, -0.15) is 0 Å². The number of carboxylic acid groups (broad SMARTS) is 1. The van der Waals surface area contributed by atoms with Crippen molar-refractivity contribution in [1.29, 1.82) is 0 Å². The van der Waals surface area contributed by atoms with Crippen molar-refractivity contribution in [3.63, 3.8) is 0 Å². The second kappa shape index (κ2) is 5.73. The molecule has 5 nitrogen and oxygen atoms in total. The summed E-state index contributed by atoms with van der Waals surface area (Å²) in [5.41, 5.74) is 0.857. The van der Waals surface area contributed by atoms with Gasteiger partial charge < -0.3 is 15.0 Å². The Bertz CT molecular complexity index is 648. The summed E-state index contributed by atoms with van der Waals surface area (Å²) in [6.07, 6.45) is 5.68. The highest BCUT2D eigenvalue weighted by molar-refractivity contribution is 7.12. The van der Waals surface area contributed by atoms with E-state index in [1.165, 1.54) is 11.3 Å². The van der Waals surface area contributed by atoms with Crippen LogP contribution in [0.4, 0.5) is 0 Å². The average Bonchev–Trinajstić information content (AvgIpc) is 3.19. The monoisotopic (exact) mass is 304 g/mol. The number of nitrogens with zero attached hydrogens (tertiary/aromatic N) is 1. The van der Waals surface area contributed by atoms with Crippen LogP contribution < -0.4 is 5.32 Å². The summed E-state index contributed by atoms with van der Waals surface area (Å²) in [5.74, 6) is -1.22. The normalized spacial score (nSPS) is 21.3. The van der Waals surface area contributed by atoms with E-state index >= 15 is 0 Å². The Morgan fingerprint density at radius 1 is 1.29 bits per heavy atom. The minimum atomic E-state index is -0.768. The Hall–Kier alpha value is -2.08. The molecule has 0 spiro atoms. The topological polar surface area (TPSA) is 71.3 Å². The van der Waals surface area contributed by atoms with Crippen molar-refractivity contribution in [1.82, 2.24) is 9.88 Å². The molecule has 6 heteroatoms. The number of thiophene rings is 1. The van der Waals surface area contributed by atoms with Crippen LogP contribution in [0.2, 0.25) is 0 Å². The predicted octanol–water partition coefficient (Wildman–Crippen LogP) is 2.52. The Morgan fingerprint density at radius 2 is 2.05 bits per heavy atom. The molecule has 1 fully saturated rings. The summed E-state index contributed by atoms with van der Waals surface area (Å²) in [6.45, 7) is 0. The van der Waals surface area contributed by atoms with Crippen molar-refractivity contribution in [2.24, 2.45) is 5.92 Å². The van der Waals surface area contributed by atoms with E-state index < -0.39 is 5.97 Å². The lowest BCUT2D eigenvalue weighted by Crippen LogP contribution is -2.33. The molecule has 1 aliphatic carbocycles. The highest BCUT2D eigenvalue weighted by atomic mass is 32.1. The third-order valence-electron chi connectivity index (χ3n) is 3.85. The molecule has 0 aromatic carbocycles. The van der Waals surface area contributed by atoms with E-state index in [2.05, 4.69) is 5.32 Å². The Kier molecular flexibility index (Phi) is 3.79. The van der Waals surface area contributed by atoms with Gasteiger partial charge in [0.25, 0.3) is 5.91 Å². The van der Waals surface area contributed by atoms with Gasteiger partial charge in [-0.3, -0.25) is 9.59 Å². The number of rotatable bonds is 4. The van der Waals surface area contributed by atoms with Gasteiger partial charge in [0.15, 0.2) is 0 Å². The largest absolute Gasteiger partial charge is 0.481 e. The molecule has 2 N–H and O–H groups in total. The van der Waals surface area contributed by atoms with Gasteiger partial charge in [0.1, 0.15) is 4.88 Å². The van der Waals surface area contributed by atoms with E-state index in [0.29, 0.717) is 17.7 Å². The van der Waals surface area contributed by atoms with Crippen molar-refractivity contribution >= 4 is 23.2 Å². The van der Waals surface area contributed by atoms with Crippen LogP contribution in [0, 0.1) is 5.92 Å². The third kappa shape index (κ3) is 2.85. The molecule has 1 aliphatic rings. The SMILES string of the molecule is O=C(NC1CCC(C(=O)O)C1)c1sccc1-n1cccc1. The molecule has 0 saturated heterocycles. The van der Waals surface area contributed by atoms with Crippen LogP contribution in [0.15, 0.2) is 36.0 Å². The quantitative estimate of drug-likeness (QED) is 0.911. The maximum absolute atomic E-state index is 12.4. The lowest BCUT2D eigenvalue weighted by atomic mass is 10.1. The van der Waals surface area contributed by atoms with Crippen LogP contribution >= 0.6 is 11.3 Å². The molecule has 0 bridgehead atoms. The van der Waals surface area contributed by atoms with Crippen LogP contribution in [0.5, 0.6) is 0 Å². The van der Waals surface area contributed by atoms with E-state index in [4.69, 9.17) is 5.11 Å². The molecule has 2 atom stereocenters. The lowest BCUT2D eigenvalue weighted by Gasteiger charge is -2.13. The summed E-state index contributed by atoms with van der Waals surface area (Å²) >= 11 is 1.40. The number of carbonyl (C=O) groups excluding carboxylic acids is 1. The minimum absolute atomic E-state index is 0.0433. The first-order valence-corrected chi connectivity index (χ1v) is 7.77. The molecule has 2 aromatic heterocycles. The molecule has 0 aliphatic heterocycles. The van der Waals surface area contributed by atoms with E-state index in [9.17, 15) is 9.59 Å². The maximum Gasteiger partial charge on any atom is 0.306 e. The number of aromatic nitrogens is 1. The summed E-state index contributed by atoms with van der Waals surface area (Å²) in [5, 5.41) is 13.9. The number of carbonyl (C=O) groups is 2. The van der Waals surface area contributed by atoms with Gasteiger partial charge in [-0.05, 0) is 42.8 Å². The van der Waals surface area contributed by atoms with Crippen LogP contribution in [-0.4, -0.2) is 27.6 Å². The van der Waals surface area contributed by atoms with Crippen LogP contribution in [0.3, 0.4) is 0 Å². The fourth-order valence-corrected chi connectivity index (χ4v) is 3.55. The molecular formula is C15H16N2O3S. The zero-order valence-electron chi connectivity index (χ0n) is 11.4. The molecule has 110 valence electrons. The summed E-state index contributed by atoms with van der Waals surface area (Å²) in [6, 6.07) is 5.69. The number of nitrogens with one attached hydrogen (secondary N) is 1. The molecule has 21 heavy (non-hydrogen) atoms. The molecule has 2 aromatic rings. The molecule has 2 unspecified atom stereocenters. The molecule has 3 rings (SSSR count). The van der Waals surface area contributed by atoms with E-state index in [1.54, 1.807) is 0 Å². The van der Waals surface area contributed by atoms with Crippen molar-refractivity contribution in [2.45, 2.75) is 25.3 Å². The van der Waals surface area contributed by atoms with E-state index in [1.807, 2.05) is 40.5 Å². The highest BCUT2D eigenvalue weighted by Crippen LogP contribution is 2.27. The fourth-order valence-electron chi connectivity index (χ4n) is 2.76. The average molecular weight is 304 g/mol. The number of hydrogen-bond acceptors (Lipinski definition) is 3. The highest BCUT2D eigenvalue weighted by Gasteiger charge is 2.31. The van der Waals surface area contributed by atoms with Crippen LogP contribution in [-0.2, 0) is 4.79 Å². The number of amides is 1. The Morgan fingerprint density at radius 3 is 2.71 bits per heavy atom. The maximum atomic E-state index is 12.4. The van der Waals surface area contributed by atoms with Crippen molar-refractivity contribution in [3.05, 3.63) is 40.8 Å². The lowest BCUT2D eigenvalue weighted by molar-refractivity contribution is -0.141. The van der Waals surface area contributed by atoms with Crippen molar-refractivity contribution in [2.75, 3.05) is 0 Å². The van der Waals surface area contributed by atoms with Gasteiger partial charge in [-0.1, -0.05) is 0 Å². The third-order valence-corrected chi connectivity index (χ3v) is 4.75. The first-order chi connectivity index (χ1) is 10.1. The van der Waals surface area contributed by atoms with Gasteiger partial charge in [0.05, 0.1) is 11.6 Å². The van der Waals surface area contributed by atoms with Gasteiger partial charge in [0.2, 0.25) is 0 Å². The zero-order valence-corrected chi connectivity index (χ0v) is 12.2. The minimum Gasteiger partial charge on any atom is -0.481 e.